The second-order valence-electron chi connectivity index (χ2n) is 7.85. The third kappa shape index (κ3) is 3.31. The molecule has 0 saturated heterocycles. The highest BCUT2D eigenvalue weighted by Crippen LogP contribution is 2.46. The molecule has 1 aromatic heterocycles. The highest BCUT2D eigenvalue weighted by molar-refractivity contribution is 8.22. The number of aromatic nitrogens is 1. The molecule has 1 aromatic rings. The number of aliphatic imine (C=N–C) groups is 1. The van der Waals surface area contributed by atoms with Crippen LogP contribution in [0.3, 0.4) is 0 Å². The number of thioether (sulfide) groups is 1. The molecule has 9 heteroatoms. The minimum absolute atomic E-state index is 0.368. The van der Waals surface area contributed by atoms with Gasteiger partial charge in [-0.3, -0.25) is 4.79 Å². The van der Waals surface area contributed by atoms with Gasteiger partial charge in [-0.15, -0.1) is 0 Å². The Bertz CT molecular complexity index is 877. The zero-order chi connectivity index (χ0) is 20.1. The van der Waals surface area contributed by atoms with E-state index in [-0.39, 0.29) is 0 Å². The Kier molecular flexibility index (Phi) is 4.54. The molecule has 0 saturated carbocycles. The minimum Gasteiger partial charge on any atom is -0.458 e. The molecule has 1 atom stereocenters. The SMILES string of the molecule is CC1=C(c2ncco2)SC2=NC(=O)N(C(C)(C)C(=O)OC(C)(C)C)C(=O)C21. The lowest BCUT2D eigenvalue weighted by Gasteiger charge is -2.38. The first-order valence-electron chi connectivity index (χ1n) is 8.42. The monoisotopic (exact) mass is 391 g/mol. The van der Waals surface area contributed by atoms with Gasteiger partial charge in [0, 0.05) is 0 Å². The number of hydrogen-bond acceptors (Lipinski definition) is 7. The van der Waals surface area contributed by atoms with Crippen LogP contribution in [-0.4, -0.2) is 44.0 Å². The van der Waals surface area contributed by atoms with Crippen LogP contribution in [-0.2, 0) is 14.3 Å². The maximum Gasteiger partial charge on any atom is 0.352 e. The molecule has 144 valence electrons. The van der Waals surface area contributed by atoms with Crippen molar-refractivity contribution < 1.29 is 23.5 Å². The van der Waals surface area contributed by atoms with Crippen molar-refractivity contribution in [1.82, 2.24) is 9.88 Å². The first-order valence-corrected chi connectivity index (χ1v) is 9.23. The van der Waals surface area contributed by atoms with E-state index < -0.39 is 35.0 Å². The number of amides is 3. The molecule has 0 aromatic carbocycles. The molecule has 1 unspecified atom stereocenters. The van der Waals surface area contributed by atoms with Crippen LogP contribution in [0.1, 0.15) is 47.4 Å². The molecule has 0 N–H and O–H groups in total. The first-order chi connectivity index (χ1) is 12.4. The summed E-state index contributed by atoms with van der Waals surface area (Å²) in [6.07, 6.45) is 2.94. The van der Waals surface area contributed by atoms with Gasteiger partial charge < -0.3 is 9.15 Å². The van der Waals surface area contributed by atoms with Gasteiger partial charge >= 0.3 is 12.0 Å². The summed E-state index contributed by atoms with van der Waals surface area (Å²) >= 11 is 1.19. The van der Waals surface area contributed by atoms with E-state index in [0.29, 0.717) is 21.4 Å². The van der Waals surface area contributed by atoms with Crippen LogP contribution in [0, 0.1) is 5.92 Å². The fraction of sp³-hybridized carbons (Fsp3) is 0.500. The van der Waals surface area contributed by atoms with E-state index in [0.717, 1.165) is 4.90 Å². The van der Waals surface area contributed by atoms with E-state index in [2.05, 4.69) is 9.98 Å². The Morgan fingerprint density at radius 2 is 1.93 bits per heavy atom. The summed E-state index contributed by atoms with van der Waals surface area (Å²) < 4.78 is 10.7. The lowest BCUT2D eigenvalue weighted by molar-refractivity contribution is -0.169. The van der Waals surface area contributed by atoms with Gasteiger partial charge in [0.1, 0.15) is 28.4 Å². The van der Waals surface area contributed by atoms with Crippen molar-refractivity contribution in [2.24, 2.45) is 10.9 Å². The molecular formula is C18H21N3O5S. The zero-order valence-electron chi connectivity index (χ0n) is 16.0. The third-order valence-corrected chi connectivity index (χ3v) is 5.43. The number of oxazole rings is 1. The van der Waals surface area contributed by atoms with Gasteiger partial charge in [-0.25, -0.2) is 19.5 Å². The van der Waals surface area contributed by atoms with Gasteiger partial charge in [0.15, 0.2) is 0 Å². The highest BCUT2D eigenvalue weighted by Gasteiger charge is 2.52. The van der Waals surface area contributed by atoms with E-state index in [9.17, 15) is 14.4 Å². The standard InChI is InChI=1S/C18H21N3O5S/c1-9-10-13(27-11(9)12-19-7-8-25-12)20-16(24)21(14(10)22)18(5,6)15(23)26-17(2,3)4/h7-8,10H,1-6H3. The quantitative estimate of drug-likeness (QED) is 0.729. The molecule has 8 nitrogen and oxygen atoms in total. The van der Waals surface area contributed by atoms with E-state index in [1.807, 2.05) is 0 Å². The molecule has 3 rings (SSSR count). The highest BCUT2D eigenvalue weighted by atomic mass is 32.2. The molecule has 0 fully saturated rings. The maximum absolute atomic E-state index is 13.2. The molecule has 2 aliphatic rings. The predicted molar refractivity (Wildman–Crippen MR) is 99.8 cm³/mol. The average Bonchev–Trinajstić information content (AvgIpc) is 3.13. The molecule has 0 spiro atoms. The molecular weight excluding hydrogens is 370 g/mol. The molecule has 3 amide bonds. The predicted octanol–water partition coefficient (Wildman–Crippen LogP) is 3.25. The number of fused-ring (bicyclic) bond motifs is 1. The fourth-order valence-corrected chi connectivity index (χ4v) is 4.06. The average molecular weight is 391 g/mol. The van der Waals surface area contributed by atoms with Crippen molar-refractivity contribution in [3.63, 3.8) is 0 Å². The number of hydrogen-bond donors (Lipinski definition) is 0. The van der Waals surface area contributed by atoms with Gasteiger partial charge in [0.25, 0.3) is 0 Å². The summed E-state index contributed by atoms with van der Waals surface area (Å²) in [5.41, 5.74) is -1.56. The van der Waals surface area contributed by atoms with Crippen LogP contribution in [0.25, 0.3) is 4.91 Å². The molecule has 3 heterocycles. The Balaban J connectivity index is 1.97. The van der Waals surface area contributed by atoms with Crippen molar-refractivity contribution >= 4 is 39.6 Å². The summed E-state index contributed by atoms with van der Waals surface area (Å²) in [4.78, 5) is 48.1. The number of imide groups is 1. The third-order valence-electron chi connectivity index (χ3n) is 4.19. The Hall–Kier alpha value is -2.42. The zero-order valence-corrected chi connectivity index (χ0v) is 16.8. The molecule has 2 aliphatic heterocycles. The van der Waals surface area contributed by atoms with Crippen molar-refractivity contribution in [2.75, 3.05) is 0 Å². The van der Waals surface area contributed by atoms with Crippen LogP contribution < -0.4 is 0 Å². The molecule has 0 bridgehead atoms. The van der Waals surface area contributed by atoms with Gasteiger partial charge in [-0.2, -0.15) is 4.99 Å². The Morgan fingerprint density at radius 1 is 1.26 bits per heavy atom. The van der Waals surface area contributed by atoms with Crippen molar-refractivity contribution in [3.05, 3.63) is 23.9 Å². The Labute approximate surface area is 161 Å². The van der Waals surface area contributed by atoms with Crippen LogP contribution in [0.5, 0.6) is 0 Å². The van der Waals surface area contributed by atoms with Crippen molar-refractivity contribution in [1.29, 1.82) is 0 Å². The second kappa shape index (κ2) is 6.33. The lowest BCUT2D eigenvalue weighted by atomic mass is 9.94. The summed E-state index contributed by atoms with van der Waals surface area (Å²) in [6.45, 7) is 9.90. The lowest BCUT2D eigenvalue weighted by Crippen LogP contribution is -2.60. The summed E-state index contributed by atoms with van der Waals surface area (Å²) in [7, 11) is 0. The van der Waals surface area contributed by atoms with Gasteiger partial charge in [-0.1, -0.05) is 11.8 Å². The number of ether oxygens (including phenoxy) is 1. The number of nitrogens with zero attached hydrogens (tertiary/aromatic N) is 3. The molecule has 27 heavy (non-hydrogen) atoms. The van der Waals surface area contributed by atoms with Gasteiger partial charge in [0.05, 0.1) is 11.1 Å². The van der Waals surface area contributed by atoms with Crippen molar-refractivity contribution in [2.45, 2.75) is 52.7 Å². The number of carbonyl (C=O) groups is 3. The van der Waals surface area contributed by atoms with Crippen LogP contribution in [0.4, 0.5) is 4.79 Å². The van der Waals surface area contributed by atoms with Gasteiger partial charge in [-0.05, 0) is 47.1 Å². The van der Waals surface area contributed by atoms with E-state index in [1.54, 1.807) is 27.7 Å². The number of urea groups is 1. The van der Waals surface area contributed by atoms with Crippen LogP contribution in [0.2, 0.25) is 0 Å². The minimum atomic E-state index is -1.49. The molecule has 0 aliphatic carbocycles. The van der Waals surface area contributed by atoms with E-state index >= 15 is 0 Å². The normalized spacial score (nSPS) is 20.7. The summed E-state index contributed by atoms with van der Waals surface area (Å²) in [5, 5.41) is 0.368. The fourth-order valence-electron chi connectivity index (χ4n) is 2.86. The number of rotatable bonds is 3. The Morgan fingerprint density at radius 3 is 2.48 bits per heavy atom. The maximum atomic E-state index is 13.2. The second-order valence-corrected chi connectivity index (χ2v) is 8.88. The number of carbonyl (C=O) groups excluding carboxylic acids is 3. The smallest absolute Gasteiger partial charge is 0.352 e. The van der Waals surface area contributed by atoms with Crippen LogP contribution >= 0.6 is 11.8 Å². The van der Waals surface area contributed by atoms with E-state index in [1.165, 1.54) is 38.1 Å². The van der Waals surface area contributed by atoms with Crippen molar-refractivity contribution in [3.8, 4) is 0 Å². The molecule has 0 radical (unpaired) electrons. The summed E-state index contributed by atoms with van der Waals surface area (Å²) in [6, 6.07) is -0.781. The summed E-state index contributed by atoms with van der Waals surface area (Å²) in [5.74, 6) is -1.55. The van der Waals surface area contributed by atoms with Crippen LogP contribution in [0.15, 0.2) is 27.4 Å². The van der Waals surface area contributed by atoms with Gasteiger partial charge in [0.2, 0.25) is 11.8 Å². The number of esters is 1. The first kappa shape index (κ1) is 19.3. The van der Waals surface area contributed by atoms with E-state index in [4.69, 9.17) is 9.15 Å². The largest absolute Gasteiger partial charge is 0.458 e. The topological polar surface area (TPSA) is 102 Å².